The second-order valence-corrected chi connectivity index (χ2v) is 3.70. The highest BCUT2D eigenvalue weighted by molar-refractivity contribution is 5.58. The maximum Gasteiger partial charge on any atom is 0.321 e. The van der Waals surface area contributed by atoms with Crippen molar-refractivity contribution in [3.63, 3.8) is 0 Å². The standard InChI is InChI=1S/C12H13FN4O/c1-7-4-5-9(13)8(6-7)10-15-11(14-2)17-12(16-10)18-3/h4-6H,1-3H3,(H,14,15,16,17). The van der Waals surface area contributed by atoms with Gasteiger partial charge in [0.15, 0.2) is 5.82 Å². The summed E-state index contributed by atoms with van der Waals surface area (Å²) < 4.78 is 18.7. The van der Waals surface area contributed by atoms with Gasteiger partial charge in [-0.15, -0.1) is 0 Å². The van der Waals surface area contributed by atoms with Gasteiger partial charge in [0.05, 0.1) is 12.7 Å². The van der Waals surface area contributed by atoms with Crippen LogP contribution in [0, 0.1) is 12.7 Å². The van der Waals surface area contributed by atoms with E-state index in [4.69, 9.17) is 4.74 Å². The van der Waals surface area contributed by atoms with Crippen LogP contribution in [0.5, 0.6) is 6.01 Å². The zero-order chi connectivity index (χ0) is 13.1. The number of benzene rings is 1. The number of hydrogen-bond acceptors (Lipinski definition) is 5. The van der Waals surface area contributed by atoms with E-state index in [0.29, 0.717) is 11.5 Å². The Morgan fingerprint density at radius 3 is 2.67 bits per heavy atom. The Bertz CT molecular complexity index is 552. The minimum atomic E-state index is -0.379. The summed E-state index contributed by atoms with van der Waals surface area (Å²) in [5.41, 5.74) is 1.25. The molecule has 0 aliphatic rings. The van der Waals surface area contributed by atoms with Crippen molar-refractivity contribution in [2.75, 3.05) is 19.5 Å². The largest absolute Gasteiger partial charge is 0.467 e. The lowest BCUT2D eigenvalue weighted by Gasteiger charge is -2.07. The molecule has 0 bridgehead atoms. The van der Waals surface area contributed by atoms with Crippen LogP contribution in [0.3, 0.4) is 0 Å². The Kier molecular flexibility index (Phi) is 3.36. The van der Waals surface area contributed by atoms with Crippen LogP contribution >= 0.6 is 0 Å². The number of nitrogens with one attached hydrogen (secondary N) is 1. The van der Waals surface area contributed by atoms with Gasteiger partial charge < -0.3 is 10.1 Å². The number of anilines is 1. The second-order valence-electron chi connectivity index (χ2n) is 3.70. The quantitative estimate of drug-likeness (QED) is 0.900. The number of aryl methyl sites for hydroxylation is 1. The first-order chi connectivity index (χ1) is 8.63. The molecule has 1 aromatic heterocycles. The molecule has 94 valence electrons. The number of nitrogens with zero attached hydrogens (tertiary/aromatic N) is 3. The van der Waals surface area contributed by atoms with Gasteiger partial charge in [0.2, 0.25) is 5.95 Å². The summed E-state index contributed by atoms with van der Waals surface area (Å²) in [7, 11) is 3.12. The molecule has 2 aromatic rings. The van der Waals surface area contributed by atoms with E-state index in [1.807, 2.05) is 6.92 Å². The van der Waals surface area contributed by atoms with Crippen molar-refractivity contribution in [3.8, 4) is 17.4 Å². The summed E-state index contributed by atoms with van der Waals surface area (Å²) >= 11 is 0. The zero-order valence-electron chi connectivity index (χ0n) is 10.4. The summed E-state index contributed by atoms with van der Waals surface area (Å²) in [5.74, 6) is 0.195. The van der Waals surface area contributed by atoms with Crippen LogP contribution in [-0.4, -0.2) is 29.1 Å². The third-order valence-corrected chi connectivity index (χ3v) is 2.38. The van der Waals surface area contributed by atoms with Gasteiger partial charge >= 0.3 is 6.01 Å². The van der Waals surface area contributed by atoms with E-state index in [2.05, 4.69) is 20.3 Å². The van der Waals surface area contributed by atoms with Crippen LogP contribution in [0.2, 0.25) is 0 Å². The fourth-order valence-corrected chi connectivity index (χ4v) is 1.49. The Morgan fingerprint density at radius 1 is 1.22 bits per heavy atom. The van der Waals surface area contributed by atoms with E-state index in [1.54, 1.807) is 19.2 Å². The van der Waals surface area contributed by atoms with Crippen LogP contribution in [0.1, 0.15) is 5.56 Å². The number of aromatic nitrogens is 3. The molecular weight excluding hydrogens is 235 g/mol. The van der Waals surface area contributed by atoms with Crippen molar-refractivity contribution in [3.05, 3.63) is 29.6 Å². The van der Waals surface area contributed by atoms with Crippen LogP contribution in [0.4, 0.5) is 10.3 Å². The molecule has 0 saturated heterocycles. The molecule has 6 heteroatoms. The molecule has 0 amide bonds. The number of ether oxygens (including phenoxy) is 1. The molecule has 0 atom stereocenters. The monoisotopic (exact) mass is 248 g/mol. The highest BCUT2D eigenvalue weighted by Gasteiger charge is 2.12. The molecule has 1 heterocycles. The SMILES string of the molecule is CNc1nc(OC)nc(-c2cc(C)ccc2F)n1. The predicted octanol–water partition coefficient (Wildman–Crippen LogP) is 2.04. The fraction of sp³-hybridized carbons (Fsp3) is 0.250. The van der Waals surface area contributed by atoms with Crippen LogP contribution in [0.15, 0.2) is 18.2 Å². The molecule has 0 aliphatic carbocycles. The van der Waals surface area contributed by atoms with Crippen molar-refractivity contribution in [2.45, 2.75) is 6.92 Å². The molecule has 18 heavy (non-hydrogen) atoms. The Labute approximate surface area is 104 Å². The van der Waals surface area contributed by atoms with E-state index in [0.717, 1.165) is 5.56 Å². The van der Waals surface area contributed by atoms with Gasteiger partial charge in [0.25, 0.3) is 0 Å². The van der Waals surface area contributed by atoms with Crippen LogP contribution < -0.4 is 10.1 Å². The molecule has 1 N–H and O–H groups in total. The van der Waals surface area contributed by atoms with Crippen molar-refractivity contribution in [2.24, 2.45) is 0 Å². The van der Waals surface area contributed by atoms with Gasteiger partial charge in [-0.1, -0.05) is 11.6 Å². The zero-order valence-corrected chi connectivity index (χ0v) is 10.4. The summed E-state index contributed by atoms with van der Waals surface area (Å²) in [6, 6.07) is 4.91. The van der Waals surface area contributed by atoms with E-state index in [9.17, 15) is 4.39 Å². The van der Waals surface area contributed by atoms with Crippen molar-refractivity contribution >= 4 is 5.95 Å². The minimum Gasteiger partial charge on any atom is -0.467 e. The average Bonchev–Trinajstić information content (AvgIpc) is 2.40. The molecule has 1 aromatic carbocycles. The molecule has 0 unspecified atom stereocenters. The number of methoxy groups -OCH3 is 1. The maximum absolute atomic E-state index is 13.8. The maximum atomic E-state index is 13.8. The second kappa shape index (κ2) is 4.95. The Hall–Kier alpha value is -2.24. The minimum absolute atomic E-state index is 0.144. The smallest absolute Gasteiger partial charge is 0.321 e. The fourth-order valence-electron chi connectivity index (χ4n) is 1.49. The molecular formula is C12H13FN4O. The topological polar surface area (TPSA) is 59.9 Å². The molecule has 0 aliphatic heterocycles. The van der Waals surface area contributed by atoms with E-state index >= 15 is 0 Å². The molecule has 5 nitrogen and oxygen atoms in total. The molecule has 2 rings (SSSR count). The lowest BCUT2D eigenvalue weighted by atomic mass is 10.1. The highest BCUT2D eigenvalue weighted by atomic mass is 19.1. The normalized spacial score (nSPS) is 10.2. The summed E-state index contributed by atoms with van der Waals surface area (Å²) in [4.78, 5) is 12.1. The summed E-state index contributed by atoms with van der Waals surface area (Å²) in [5, 5.41) is 2.78. The van der Waals surface area contributed by atoms with Gasteiger partial charge in [-0.2, -0.15) is 15.0 Å². The number of rotatable bonds is 3. The van der Waals surface area contributed by atoms with Crippen LogP contribution in [-0.2, 0) is 0 Å². The highest BCUT2D eigenvalue weighted by Crippen LogP contribution is 2.22. The van der Waals surface area contributed by atoms with Crippen molar-refractivity contribution in [1.29, 1.82) is 0 Å². The van der Waals surface area contributed by atoms with E-state index in [1.165, 1.54) is 13.2 Å². The third kappa shape index (κ3) is 2.37. The Morgan fingerprint density at radius 2 is 2.00 bits per heavy atom. The third-order valence-electron chi connectivity index (χ3n) is 2.38. The van der Waals surface area contributed by atoms with Crippen molar-refractivity contribution in [1.82, 2.24) is 15.0 Å². The lowest BCUT2D eigenvalue weighted by Crippen LogP contribution is -2.04. The first-order valence-electron chi connectivity index (χ1n) is 5.38. The molecule has 0 fully saturated rings. The lowest BCUT2D eigenvalue weighted by molar-refractivity contribution is 0.379. The molecule has 0 radical (unpaired) electrons. The van der Waals surface area contributed by atoms with Gasteiger partial charge in [0.1, 0.15) is 5.82 Å². The van der Waals surface area contributed by atoms with Gasteiger partial charge in [0, 0.05) is 7.05 Å². The predicted molar refractivity (Wildman–Crippen MR) is 66.1 cm³/mol. The van der Waals surface area contributed by atoms with Gasteiger partial charge in [-0.3, -0.25) is 0 Å². The molecule has 0 spiro atoms. The molecule has 0 saturated carbocycles. The Balaban J connectivity index is 2.58. The van der Waals surface area contributed by atoms with E-state index < -0.39 is 0 Å². The number of hydrogen-bond donors (Lipinski definition) is 1. The first-order valence-corrected chi connectivity index (χ1v) is 5.38. The van der Waals surface area contributed by atoms with E-state index in [-0.39, 0.29) is 17.7 Å². The van der Waals surface area contributed by atoms with Gasteiger partial charge in [-0.25, -0.2) is 4.39 Å². The first kappa shape index (κ1) is 12.2. The summed E-state index contributed by atoms with van der Waals surface area (Å²) in [6.07, 6.45) is 0. The van der Waals surface area contributed by atoms with Gasteiger partial charge in [-0.05, 0) is 19.1 Å². The van der Waals surface area contributed by atoms with Crippen molar-refractivity contribution < 1.29 is 9.13 Å². The van der Waals surface area contributed by atoms with Crippen LogP contribution in [0.25, 0.3) is 11.4 Å². The summed E-state index contributed by atoms with van der Waals surface area (Å²) in [6.45, 7) is 1.88. The number of halogens is 1. The average molecular weight is 248 g/mol.